The SMILES string of the molecule is CN(C(=O)c1ccnn1C)c1cccc2c1OOC=C2. The Balaban J connectivity index is 1.99. The molecule has 3 rings (SSSR count). The smallest absolute Gasteiger partial charge is 0.276 e. The lowest BCUT2D eigenvalue weighted by Gasteiger charge is -2.22. The Labute approximate surface area is 115 Å². The molecule has 0 saturated heterocycles. The van der Waals surface area contributed by atoms with Crippen LogP contribution in [0.5, 0.6) is 5.75 Å². The van der Waals surface area contributed by atoms with Gasteiger partial charge in [-0.05, 0) is 18.2 Å². The maximum Gasteiger partial charge on any atom is 0.276 e. The van der Waals surface area contributed by atoms with Gasteiger partial charge >= 0.3 is 0 Å². The first-order chi connectivity index (χ1) is 9.68. The summed E-state index contributed by atoms with van der Waals surface area (Å²) in [5.41, 5.74) is 1.99. The van der Waals surface area contributed by atoms with Crippen molar-refractivity contribution in [1.82, 2.24) is 9.78 Å². The second-order valence-electron chi connectivity index (χ2n) is 4.38. The molecule has 1 aliphatic heterocycles. The Hall–Kier alpha value is -2.76. The molecule has 2 aromatic rings. The highest BCUT2D eigenvalue weighted by Crippen LogP contribution is 2.35. The number of aromatic nitrogens is 2. The zero-order chi connectivity index (χ0) is 14.1. The van der Waals surface area contributed by atoms with E-state index in [1.807, 2.05) is 12.1 Å². The number of hydrogen-bond acceptors (Lipinski definition) is 4. The van der Waals surface area contributed by atoms with Gasteiger partial charge in [0.25, 0.3) is 5.91 Å². The fourth-order valence-electron chi connectivity index (χ4n) is 2.07. The molecule has 0 bridgehead atoms. The van der Waals surface area contributed by atoms with E-state index in [1.54, 1.807) is 38.5 Å². The molecule has 1 aliphatic rings. The number of nitrogens with zero attached hydrogens (tertiary/aromatic N) is 3. The maximum atomic E-state index is 12.5. The van der Waals surface area contributed by atoms with E-state index >= 15 is 0 Å². The second-order valence-corrected chi connectivity index (χ2v) is 4.38. The molecule has 6 nitrogen and oxygen atoms in total. The molecule has 0 fully saturated rings. The first-order valence-electron chi connectivity index (χ1n) is 6.07. The van der Waals surface area contributed by atoms with Gasteiger partial charge in [0.1, 0.15) is 12.0 Å². The normalized spacial score (nSPS) is 12.3. The molecular formula is C14H13N3O3. The van der Waals surface area contributed by atoms with Crippen molar-refractivity contribution in [2.45, 2.75) is 0 Å². The zero-order valence-electron chi connectivity index (χ0n) is 11.1. The van der Waals surface area contributed by atoms with Gasteiger partial charge in [-0.15, -0.1) is 0 Å². The quantitative estimate of drug-likeness (QED) is 0.784. The molecule has 20 heavy (non-hydrogen) atoms. The van der Waals surface area contributed by atoms with Crippen molar-refractivity contribution in [2.75, 3.05) is 11.9 Å². The van der Waals surface area contributed by atoms with Crippen LogP contribution in [0.1, 0.15) is 16.1 Å². The van der Waals surface area contributed by atoms with Crippen LogP contribution in [0.4, 0.5) is 5.69 Å². The summed E-state index contributed by atoms with van der Waals surface area (Å²) in [6, 6.07) is 7.22. The Bertz CT molecular complexity index is 691. The van der Waals surface area contributed by atoms with Crippen molar-refractivity contribution in [3.05, 3.63) is 48.0 Å². The van der Waals surface area contributed by atoms with Crippen molar-refractivity contribution >= 4 is 17.7 Å². The third-order valence-electron chi connectivity index (χ3n) is 3.17. The standard InChI is InChI=1S/C14H13N3O3/c1-16(14(18)12-6-8-15-17(12)2)11-5-3-4-10-7-9-19-20-13(10)11/h3-9H,1-2H3. The lowest BCUT2D eigenvalue weighted by molar-refractivity contribution is -0.150. The molecule has 0 aliphatic carbocycles. The summed E-state index contributed by atoms with van der Waals surface area (Å²) in [5.74, 6) is 0.351. The van der Waals surface area contributed by atoms with Crippen molar-refractivity contribution in [2.24, 2.45) is 7.05 Å². The fourth-order valence-corrected chi connectivity index (χ4v) is 2.07. The Morgan fingerprint density at radius 1 is 1.35 bits per heavy atom. The van der Waals surface area contributed by atoms with Crippen molar-refractivity contribution in [3.63, 3.8) is 0 Å². The maximum absolute atomic E-state index is 12.5. The molecule has 102 valence electrons. The number of rotatable bonds is 2. The van der Waals surface area contributed by atoms with Gasteiger partial charge in [0.15, 0.2) is 0 Å². The van der Waals surface area contributed by atoms with Crippen LogP contribution in [0.3, 0.4) is 0 Å². The highest BCUT2D eigenvalue weighted by atomic mass is 17.2. The van der Waals surface area contributed by atoms with Crippen molar-refractivity contribution in [1.29, 1.82) is 0 Å². The molecule has 0 atom stereocenters. The molecule has 0 N–H and O–H groups in total. The monoisotopic (exact) mass is 271 g/mol. The average Bonchev–Trinajstić information content (AvgIpc) is 2.91. The lowest BCUT2D eigenvalue weighted by atomic mass is 10.1. The molecule has 0 radical (unpaired) electrons. The van der Waals surface area contributed by atoms with Crippen LogP contribution in [0.2, 0.25) is 0 Å². The number of carbonyl (C=O) groups excluding carboxylic acids is 1. The summed E-state index contributed by atoms with van der Waals surface area (Å²) in [6.45, 7) is 0. The molecule has 0 unspecified atom stereocenters. The first kappa shape index (κ1) is 12.3. The van der Waals surface area contributed by atoms with Gasteiger partial charge in [-0.3, -0.25) is 19.3 Å². The minimum Gasteiger partial charge on any atom is -0.307 e. The Kier molecular flexibility index (Phi) is 2.90. The summed E-state index contributed by atoms with van der Waals surface area (Å²) < 4.78 is 1.53. The lowest BCUT2D eigenvalue weighted by Crippen LogP contribution is -2.28. The Morgan fingerprint density at radius 2 is 2.20 bits per heavy atom. The summed E-state index contributed by atoms with van der Waals surface area (Å²) in [4.78, 5) is 24.0. The van der Waals surface area contributed by atoms with E-state index in [4.69, 9.17) is 9.78 Å². The van der Waals surface area contributed by atoms with E-state index in [1.165, 1.54) is 15.8 Å². The van der Waals surface area contributed by atoms with Crippen LogP contribution < -0.4 is 9.79 Å². The van der Waals surface area contributed by atoms with Gasteiger partial charge < -0.3 is 4.90 Å². The molecule has 1 aromatic carbocycles. The molecule has 2 heterocycles. The van der Waals surface area contributed by atoms with Crippen LogP contribution in [0, 0.1) is 0 Å². The van der Waals surface area contributed by atoms with Gasteiger partial charge in [-0.25, -0.2) is 0 Å². The van der Waals surface area contributed by atoms with Crippen LogP contribution in [0.15, 0.2) is 36.7 Å². The van der Waals surface area contributed by atoms with Crippen LogP contribution in [0.25, 0.3) is 6.08 Å². The van der Waals surface area contributed by atoms with E-state index < -0.39 is 0 Å². The van der Waals surface area contributed by atoms with Crippen molar-refractivity contribution in [3.8, 4) is 5.75 Å². The molecule has 1 aromatic heterocycles. The number of aryl methyl sites for hydroxylation is 1. The first-order valence-corrected chi connectivity index (χ1v) is 6.07. The predicted molar refractivity (Wildman–Crippen MR) is 73.1 cm³/mol. The fraction of sp³-hybridized carbons (Fsp3) is 0.143. The minimum atomic E-state index is -0.170. The van der Waals surface area contributed by atoms with Gasteiger partial charge in [0.05, 0.1) is 5.69 Å². The third-order valence-corrected chi connectivity index (χ3v) is 3.17. The van der Waals surface area contributed by atoms with Gasteiger partial charge in [0.2, 0.25) is 5.75 Å². The summed E-state index contributed by atoms with van der Waals surface area (Å²) in [6.07, 6.45) is 4.82. The van der Waals surface area contributed by atoms with E-state index in [9.17, 15) is 4.79 Å². The van der Waals surface area contributed by atoms with Gasteiger partial charge in [-0.1, -0.05) is 12.1 Å². The summed E-state index contributed by atoms with van der Waals surface area (Å²) in [5, 5.41) is 4.00. The zero-order valence-corrected chi connectivity index (χ0v) is 11.1. The van der Waals surface area contributed by atoms with E-state index in [0.29, 0.717) is 17.1 Å². The van der Waals surface area contributed by atoms with Crippen LogP contribution in [-0.4, -0.2) is 22.7 Å². The number of hydrogen-bond donors (Lipinski definition) is 0. The van der Waals surface area contributed by atoms with E-state index in [0.717, 1.165) is 5.56 Å². The van der Waals surface area contributed by atoms with Crippen molar-refractivity contribution < 1.29 is 14.6 Å². The second kappa shape index (κ2) is 4.73. The molecule has 0 spiro atoms. The van der Waals surface area contributed by atoms with Gasteiger partial charge in [-0.2, -0.15) is 5.10 Å². The molecule has 0 saturated carbocycles. The predicted octanol–water partition coefficient (Wildman–Crippen LogP) is 1.99. The summed E-state index contributed by atoms with van der Waals surface area (Å²) >= 11 is 0. The van der Waals surface area contributed by atoms with E-state index in [2.05, 4.69) is 5.10 Å². The highest BCUT2D eigenvalue weighted by Gasteiger charge is 2.22. The third kappa shape index (κ3) is 1.91. The molecule has 1 amide bonds. The molecule has 6 heteroatoms. The van der Waals surface area contributed by atoms with E-state index in [-0.39, 0.29) is 5.91 Å². The number of carbonyl (C=O) groups is 1. The highest BCUT2D eigenvalue weighted by molar-refractivity contribution is 6.05. The Morgan fingerprint density at radius 3 is 2.95 bits per heavy atom. The largest absolute Gasteiger partial charge is 0.307 e. The summed E-state index contributed by atoms with van der Waals surface area (Å²) in [7, 11) is 3.41. The topological polar surface area (TPSA) is 56.6 Å². The van der Waals surface area contributed by atoms with Gasteiger partial charge in [0, 0.05) is 25.9 Å². The number of benzene rings is 1. The number of para-hydroxylation sites is 1. The molecular weight excluding hydrogens is 258 g/mol. The van der Waals surface area contributed by atoms with Crippen LogP contribution >= 0.6 is 0 Å². The number of amides is 1. The number of fused-ring (bicyclic) bond motifs is 1. The minimum absolute atomic E-state index is 0.170. The number of anilines is 1. The average molecular weight is 271 g/mol. The van der Waals surface area contributed by atoms with Crippen LogP contribution in [-0.2, 0) is 11.9 Å².